The van der Waals surface area contributed by atoms with Crippen molar-refractivity contribution in [1.29, 1.82) is 0 Å². The van der Waals surface area contributed by atoms with E-state index in [0.29, 0.717) is 0 Å². The van der Waals surface area contributed by atoms with E-state index >= 15 is 0 Å². The summed E-state index contributed by atoms with van der Waals surface area (Å²) in [6, 6.07) is 41.1. The van der Waals surface area contributed by atoms with Gasteiger partial charge >= 0.3 is 0 Å². The fourth-order valence-electron chi connectivity index (χ4n) is 7.12. The van der Waals surface area contributed by atoms with Gasteiger partial charge in [0.15, 0.2) is 0 Å². The summed E-state index contributed by atoms with van der Waals surface area (Å²) in [6.07, 6.45) is 12.4. The third-order valence-corrected chi connectivity index (χ3v) is 9.19. The van der Waals surface area contributed by atoms with Crippen molar-refractivity contribution in [2.24, 2.45) is 0 Å². The van der Waals surface area contributed by atoms with Gasteiger partial charge in [0, 0.05) is 51.3 Å². The Morgan fingerprint density at radius 2 is 1.38 bits per heavy atom. The van der Waals surface area contributed by atoms with Crippen LogP contribution in [-0.2, 0) is 6.42 Å². The molecule has 2 aliphatic rings. The lowest BCUT2D eigenvalue weighted by molar-refractivity contribution is 0.545. The first-order valence-corrected chi connectivity index (χ1v) is 15.5. The van der Waals surface area contributed by atoms with E-state index in [1.165, 1.54) is 44.2 Å². The highest BCUT2D eigenvalue weighted by Gasteiger charge is 2.26. The van der Waals surface area contributed by atoms with E-state index in [1.54, 1.807) is 0 Å². The maximum atomic E-state index is 6.77. The average Bonchev–Trinajstić information content (AvgIpc) is 3.63. The highest BCUT2D eigenvalue weighted by molar-refractivity contribution is 6.11. The molecule has 0 radical (unpaired) electrons. The first-order valence-electron chi connectivity index (χ1n) is 15.5. The van der Waals surface area contributed by atoms with Crippen molar-refractivity contribution in [2.45, 2.75) is 12.8 Å². The molecule has 0 unspecified atom stereocenters. The number of rotatable bonds is 3. The standard InChI is InChI=1S/C42H30N2O/c1-28-12-9-10-25-43(31-16-11-15-30(26-31)29-13-3-2-4-14-29)39-23-22-35-36-27-32(21-24-40(36)45-42(35)41(28)39)44-37-19-7-5-17-33(37)34-18-6-8-20-38(34)44/h2-20,22-23,25-27H,1,21,24H2/b12-9-,25-10-. The van der Waals surface area contributed by atoms with Crippen molar-refractivity contribution in [3.05, 3.63) is 163 Å². The lowest BCUT2D eigenvalue weighted by Crippen LogP contribution is -2.11. The molecule has 0 fully saturated rings. The van der Waals surface area contributed by atoms with Crippen LogP contribution in [0.5, 0.6) is 0 Å². The lowest BCUT2D eigenvalue weighted by atomic mass is 9.95. The number of aryl methyl sites for hydroxylation is 1. The summed E-state index contributed by atoms with van der Waals surface area (Å²) in [4.78, 5) is 2.25. The van der Waals surface area contributed by atoms with Gasteiger partial charge in [-0.2, -0.15) is 0 Å². The Kier molecular flexibility index (Phi) is 5.79. The number of allylic oxidation sites excluding steroid dienone is 5. The van der Waals surface area contributed by atoms with Gasteiger partial charge in [0.2, 0.25) is 0 Å². The van der Waals surface area contributed by atoms with E-state index in [0.717, 1.165) is 52.1 Å². The molecule has 3 heterocycles. The summed E-state index contributed by atoms with van der Waals surface area (Å²) in [7, 11) is 0. The molecule has 5 aromatic carbocycles. The van der Waals surface area contributed by atoms with Crippen molar-refractivity contribution in [2.75, 3.05) is 4.90 Å². The summed E-state index contributed by atoms with van der Waals surface area (Å²) in [5.74, 6) is 1.04. The quantitative estimate of drug-likeness (QED) is 0.208. The zero-order valence-electron chi connectivity index (χ0n) is 24.8. The van der Waals surface area contributed by atoms with Crippen LogP contribution in [0.4, 0.5) is 11.4 Å². The van der Waals surface area contributed by atoms with E-state index in [1.807, 2.05) is 0 Å². The topological polar surface area (TPSA) is 21.3 Å². The van der Waals surface area contributed by atoms with Crippen molar-refractivity contribution >= 4 is 61.5 Å². The van der Waals surface area contributed by atoms with E-state index in [4.69, 9.17) is 4.42 Å². The minimum absolute atomic E-state index is 0.844. The summed E-state index contributed by atoms with van der Waals surface area (Å²) < 4.78 is 9.21. The molecule has 214 valence electrons. The molecule has 0 amide bonds. The molecule has 1 aliphatic carbocycles. The first kappa shape index (κ1) is 25.7. The third kappa shape index (κ3) is 4.05. The highest BCUT2D eigenvalue weighted by Crippen LogP contribution is 2.45. The average molecular weight is 579 g/mol. The minimum atomic E-state index is 0.844. The molecular weight excluding hydrogens is 548 g/mol. The van der Waals surface area contributed by atoms with Crippen LogP contribution in [0.1, 0.15) is 23.3 Å². The smallest absolute Gasteiger partial charge is 0.144 e. The van der Waals surface area contributed by atoms with Gasteiger partial charge in [-0.25, -0.2) is 0 Å². The number of fused-ring (bicyclic) bond motifs is 8. The Bertz CT molecular complexity index is 2340. The zero-order valence-corrected chi connectivity index (χ0v) is 24.8. The van der Waals surface area contributed by atoms with Crippen LogP contribution in [0, 0.1) is 0 Å². The number of aromatic nitrogens is 1. The number of furan rings is 1. The number of hydrogen-bond acceptors (Lipinski definition) is 2. The maximum absolute atomic E-state index is 6.77. The Hall–Kier alpha value is -5.80. The Morgan fingerprint density at radius 1 is 0.644 bits per heavy atom. The molecule has 2 aromatic heterocycles. The summed E-state index contributed by atoms with van der Waals surface area (Å²) in [5.41, 5.74) is 12.3. The second-order valence-corrected chi connectivity index (χ2v) is 11.8. The van der Waals surface area contributed by atoms with Gasteiger partial charge in [0.25, 0.3) is 0 Å². The summed E-state index contributed by atoms with van der Waals surface area (Å²) >= 11 is 0. The molecule has 0 spiro atoms. The van der Waals surface area contributed by atoms with E-state index in [-0.39, 0.29) is 0 Å². The van der Waals surface area contributed by atoms with Gasteiger partial charge < -0.3 is 13.9 Å². The molecular formula is C42H30N2O. The molecule has 3 heteroatoms. The molecule has 1 aliphatic heterocycles. The molecule has 0 saturated carbocycles. The van der Waals surface area contributed by atoms with Gasteiger partial charge in [0.05, 0.1) is 16.7 Å². The van der Waals surface area contributed by atoms with Gasteiger partial charge in [-0.15, -0.1) is 0 Å². The molecule has 9 rings (SSSR count). The summed E-state index contributed by atoms with van der Waals surface area (Å²) in [5, 5.41) is 3.69. The highest BCUT2D eigenvalue weighted by atomic mass is 16.3. The van der Waals surface area contributed by atoms with Crippen LogP contribution in [0.3, 0.4) is 0 Å². The SMILES string of the molecule is C=C1/C=C\C=C/N(c2cccc(-c3ccccc3)c2)c2ccc3c4c(oc3c21)CCC(n1c2ccccc2c2ccccc21)=C4. The maximum Gasteiger partial charge on any atom is 0.144 e. The largest absolute Gasteiger partial charge is 0.460 e. The van der Waals surface area contributed by atoms with Crippen molar-refractivity contribution in [1.82, 2.24) is 4.57 Å². The van der Waals surface area contributed by atoms with Crippen LogP contribution >= 0.6 is 0 Å². The Labute approximate surface area is 262 Å². The van der Waals surface area contributed by atoms with Crippen molar-refractivity contribution < 1.29 is 4.42 Å². The van der Waals surface area contributed by atoms with E-state index < -0.39 is 0 Å². The van der Waals surface area contributed by atoms with E-state index in [9.17, 15) is 0 Å². The summed E-state index contributed by atoms with van der Waals surface area (Å²) in [6.45, 7) is 4.50. The molecule has 45 heavy (non-hydrogen) atoms. The molecule has 0 saturated heterocycles. The van der Waals surface area contributed by atoms with Crippen LogP contribution in [-0.4, -0.2) is 4.57 Å². The molecule has 0 N–H and O–H groups in total. The van der Waals surface area contributed by atoms with Crippen molar-refractivity contribution in [3.8, 4) is 11.1 Å². The number of para-hydroxylation sites is 2. The molecule has 3 nitrogen and oxygen atoms in total. The lowest BCUT2D eigenvalue weighted by Gasteiger charge is -2.25. The number of benzene rings is 5. The zero-order chi connectivity index (χ0) is 29.9. The Balaban J connectivity index is 1.21. The predicted octanol–water partition coefficient (Wildman–Crippen LogP) is 11.4. The second-order valence-electron chi connectivity index (χ2n) is 11.8. The number of anilines is 2. The Morgan fingerprint density at radius 3 is 2.18 bits per heavy atom. The van der Waals surface area contributed by atoms with Crippen LogP contribution in [0.2, 0.25) is 0 Å². The van der Waals surface area contributed by atoms with Crippen LogP contribution in [0.25, 0.3) is 61.2 Å². The molecule has 0 bridgehead atoms. The van der Waals surface area contributed by atoms with Crippen LogP contribution < -0.4 is 4.90 Å². The first-order chi connectivity index (χ1) is 22.2. The van der Waals surface area contributed by atoms with Gasteiger partial charge in [-0.3, -0.25) is 0 Å². The van der Waals surface area contributed by atoms with Crippen molar-refractivity contribution in [3.63, 3.8) is 0 Å². The number of hydrogen-bond donors (Lipinski definition) is 0. The fraction of sp³-hybridized carbons (Fsp3) is 0.0476. The predicted molar refractivity (Wildman–Crippen MR) is 189 cm³/mol. The van der Waals surface area contributed by atoms with Gasteiger partial charge in [-0.05, 0) is 71.7 Å². The fourth-order valence-corrected chi connectivity index (χ4v) is 7.12. The number of nitrogens with zero attached hydrogens (tertiary/aromatic N) is 2. The monoisotopic (exact) mass is 578 g/mol. The molecule has 0 atom stereocenters. The third-order valence-electron chi connectivity index (χ3n) is 9.19. The van der Waals surface area contributed by atoms with Crippen LogP contribution in [0.15, 0.2) is 151 Å². The van der Waals surface area contributed by atoms with Gasteiger partial charge in [0.1, 0.15) is 11.3 Å². The second kappa shape index (κ2) is 10.1. The van der Waals surface area contributed by atoms with Gasteiger partial charge in [-0.1, -0.05) is 97.6 Å². The normalized spacial score (nSPS) is 15.9. The molecule has 7 aromatic rings. The van der Waals surface area contributed by atoms with E-state index in [2.05, 4.69) is 162 Å². The minimum Gasteiger partial charge on any atom is -0.460 e.